The summed E-state index contributed by atoms with van der Waals surface area (Å²) in [6.07, 6.45) is 2.96. The van der Waals surface area contributed by atoms with Gasteiger partial charge in [-0.15, -0.1) is 0 Å². The monoisotopic (exact) mass is 363 g/mol. The normalized spacial score (nSPS) is 11.4. The van der Waals surface area contributed by atoms with Gasteiger partial charge in [-0.2, -0.15) is 0 Å². The van der Waals surface area contributed by atoms with Crippen LogP contribution in [-0.2, 0) is 6.42 Å². The fourth-order valence-corrected chi connectivity index (χ4v) is 2.92. The molecule has 0 aliphatic rings. The van der Waals surface area contributed by atoms with Gasteiger partial charge in [-0.25, -0.2) is 0 Å². The van der Waals surface area contributed by atoms with Gasteiger partial charge < -0.3 is 20.9 Å². The van der Waals surface area contributed by atoms with E-state index >= 15 is 0 Å². The number of hydrogen-bond acceptors (Lipinski definition) is 2. The molecule has 0 aliphatic heterocycles. The first kappa shape index (κ1) is 18.5. The van der Waals surface area contributed by atoms with Crippen LogP contribution in [0, 0.1) is 0 Å². The quantitative estimate of drug-likeness (QED) is 0.295. The molecule has 0 spiro atoms. The predicted octanol–water partition coefficient (Wildman–Crippen LogP) is 2.31. The van der Waals surface area contributed by atoms with Crippen LogP contribution in [0.4, 0.5) is 0 Å². The molecule has 1 amide bonds. The molecule has 1 heterocycles. The number of nitrogens with one attached hydrogen (secondary N) is 4. The maximum Gasteiger partial charge on any atom is 0.251 e. The molecule has 0 fully saturated rings. The van der Waals surface area contributed by atoms with Crippen LogP contribution in [-0.4, -0.2) is 43.5 Å². The number of aromatic nitrogens is 1. The molecule has 3 aromatic rings. The third kappa shape index (κ3) is 5.10. The van der Waals surface area contributed by atoms with Gasteiger partial charge >= 0.3 is 0 Å². The molecule has 140 valence electrons. The molecule has 6 heteroatoms. The van der Waals surface area contributed by atoms with Crippen LogP contribution in [0.15, 0.2) is 65.8 Å². The van der Waals surface area contributed by atoms with Gasteiger partial charge in [0.05, 0.1) is 0 Å². The number of para-hydroxylation sites is 1. The Hall–Kier alpha value is -3.28. The van der Waals surface area contributed by atoms with Gasteiger partial charge in [-0.05, 0) is 30.2 Å². The van der Waals surface area contributed by atoms with Crippen LogP contribution in [0.3, 0.4) is 0 Å². The molecule has 0 aliphatic carbocycles. The molecule has 3 rings (SSSR count). The van der Waals surface area contributed by atoms with Gasteiger partial charge in [-0.1, -0.05) is 36.4 Å². The Balaban J connectivity index is 1.38. The number of fused-ring (bicyclic) bond motifs is 1. The molecular weight excluding hydrogens is 338 g/mol. The summed E-state index contributed by atoms with van der Waals surface area (Å²) >= 11 is 0. The number of hydrogen-bond donors (Lipinski definition) is 4. The molecule has 0 radical (unpaired) electrons. The van der Waals surface area contributed by atoms with Crippen LogP contribution in [0.2, 0.25) is 0 Å². The first-order chi connectivity index (χ1) is 13.3. The van der Waals surface area contributed by atoms with E-state index in [0.717, 1.165) is 24.4 Å². The summed E-state index contributed by atoms with van der Waals surface area (Å²) < 4.78 is 0. The van der Waals surface area contributed by atoms with Crippen molar-refractivity contribution < 1.29 is 4.79 Å². The van der Waals surface area contributed by atoms with E-state index in [1.54, 1.807) is 19.2 Å². The van der Waals surface area contributed by atoms with Gasteiger partial charge in [0.2, 0.25) is 0 Å². The fourth-order valence-electron chi connectivity index (χ4n) is 2.92. The number of aromatic amines is 1. The Morgan fingerprint density at radius 3 is 2.44 bits per heavy atom. The minimum Gasteiger partial charge on any atom is -0.361 e. The number of guanidine groups is 1. The molecule has 4 N–H and O–H groups in total. The Morgan fingerprint density at radius 2 is 1.63 bits per heavy atom. The lowest BCUT2D eigenvalue weighted by atomic mass is 10.1. The van der Waals surface area contributed by atoms with E-state index in [1.165, 1.54) is 10.9 Å². The maximum atomic E-state index is 12.0. The molecule has 0 saturated carbocycles. The van der Waals surface area contributed by atoms with E-state index in [-0.39, 0.29) is 5.91 Å². The topological polar surface area (TPSA) is 81.3 Å². The predicted molar refractivity (Wildman–Crippen MR) is 110 cm³/mol. The van der Waals surface area contributed by atoms with Crippen molar-refractivity contribution in [2.24, 2.45) is 4.99 Å². The van der Waals surface area contributed by atoms with Crippen LogP contribution >= 0.6 is 0 Å². The Kier molecular flexibility index (Phi) is 6.46. The summed E-state index contributed by atoms with van der Waals surface area (Å²) in [5.41, 5.74) is 3.10. The van der Waals surface area contributed by atoms with Crippen molar-refractivity contribution in [2.45, 2.75) is 6.42 Å². The molecule has 1 aromatic heterocycles. The summed E-state index contributed by atoms with van der Waals surface area (Å²) in [7, 11) is 1.74. The highest BCUT2D eigenvalue weighted by Crippen LogP contribution is 2.17. The van der Waals surface area contributed by atoms with E-state index in [2.05, 4.69) is 50.3 Å². The SMILES string of the molecule is CN=C(NCCNC(=O)c1ccccc1)NCCc1c[nH]c2ccccc12. The highest BCUT2D eigenvalue weighted by molar-refractivity contribution is 5.94. The zero-order valence-electron chi connectivity index (χ0n) is 15.5. The van der Waals surface area contributed by atoms with Crippen molar-refractivity contribution in [3.05, 3.63) is 71.9 Å². The fraction of sp³-hybridized carbons (Fsp3) is 0.238. The smallest absolute Gasteiger partial charge is 0.251 e. The minimum absolute atomic E-state index is 0.0697. The average molecular weight is 363 g/mol. The summed E-state index contributed by atoms with van der Waals surface area (Å²) in [5, 5.41) is 10.7. The zero-order chi connectivity index (χ0) is 18.9. The average Bonchev–Trinajstić information content (AvgIpc) is 3.13. The largest absolute Gasteiger partial charge is 0.361 e. The number of nitrogens with zero attached hydrogens (tertiary/aromatic N) is 1. The maximum absolute atomic E-state index is 12.0. The van der Waals surface area contributed by atoms with E-state index in [9.17, 15) is 4.79 Å². The van der Waals surface area contributed by atoms with Crippen molar-refractivity contribution in [3.8, 4) is 0 Å². The second kappa shape index (κ2) is 9.43. The first-order valence-electron chi connectivity index (χ1n) is 9.10. The molecule has 0 atom stereocenters. The van der Waals surface area contributed by atoms with Crippen molar-refractivity contribution >= 4 is 22.8 Å². The first-order valence-corrected chi connectivity index (χ1v) is 9.10. The molecular formula is C21H25N5O. The Labute approximate surface area is 159 Å². The number of aliphatic imine (C=N–C) groups is 1. The summed E-state index contributed by atoms with van der Waals surface area (Å²) in [6.45, 7) is 1.90. The summed E-state index contributed by atoms with van der Waals surface area (Å²) in [5.74, 6) is 0.656. The number of rotatable bonds is 7. The van der Waals surface area contributed by atoms with Crippen LogP contribution in [0.25, 0.3) is 10.9 Å². The van der Waals surface area contributed by atoms with Gasteiger partial charge in [0.1, 0.15) is 0 Å². The van der Waals surface area contributed by atoms with Crippen LogP contribution in [0.1, 0.15) is 15.9 Å². The van der Waals surface area contributed by atoms with E-state index < -0.39 is 0 Å². The lowest BCUT2D eigenvalue weighted by molar-refractivity contribution is 0.0954. The van der Waals surface area contributed by atoms with Crippen molar-refractivity contribution in [1.82, 2.24) is 20.9 Å². The molecule has 0 bridgehead atoms. The number of benzene rings is 2. The third-order valence-corrected chi connectivity index (χ3v) is 4.32. The lowest BCUT2D eigenvalue weighted by Gasteiger charge is -2.12. The molecule has 2 aromatic carbocycles. The number of carbonyl (C=O) groups excluding carboxylic acids is 1. The van der Waals surface area contributed by atoms with Gasteiger partial charge in [0.15, 0.2) is 5.96 Å². The summed E-state index contributed by atoms with van der Waals surface area (Å²) in [6, 6.07) is 17.5. The molecule has 6 nitrogen and oxygen atoms in total. The van der Waals surface area contributed by atoms with Crippen LogP contribution < -0.4 is 16.0 Å². The van der Waals surface area contributed by atoms with E-state index in [0.29, 0.717) is 18.7 Å². The second-order valence-corrected chi connectivity index (χ2v) is 6.16. The highest BCUT2D eigenvalue weighted by atomic mass is 16.1. The van der Waals surface area contributed by atoms with Crippen molar-refractivity contribution in [1.29, 1.82) is 0 Å². The highest BCUT2D eigenvalue weighted by Gasteiger charge is 2.05. The minimum atomic E-state index is -0.0697. The van der Waals surface area contributed by atoms with Crippen LogP contribution in [0.5, 0.6) is 0 Å². The standard InChI is InChI=1S/C21H25N5O/c1-22-21(25-14-13-23-20(27)16-7-3-2-4-8-16)24-12-11-17-15-26-19-10-6-5-9-18(17)19/h2-10,15,26H,11-14H2,1H3,(H,23,27)(H2,22,24,25). The van der Waals surface area contributed by atoms with E-state index in [4.69, 9.17) is 0 Å². The Morgan fingerprint density at radius 1 is 0.926 bits per heavy atom. The van der Waals surface area contributed by atoms with Crippen molar-refractivity contribution in [3.63, 3.8) is 0 Å². The molecule has 0 saturated heterocycles. The molecule has 0 unspecified atom stereocenters. The summed E-state index contributed by atoms with van der Waals surface area (Å²) in [4.78, 5) is 19.5. The second-order valence-electron chi connectivity index (χ2n) is 6.16. The lowest BCUT2D eigenvalue weighted by Crippen LogP contribution is -2.42. The van der Waals surface area contributed by atoms with Gasteiger partial charge in [0.25, 0.3) is 5.91 Å². The number of carbonyl (C=O) groups is 1. The molecule has 27 heavy (non-hydrogen) atoms. The number of amides is 1. The van der Waals surface area contributed by atoms with E-state index in [1.807, 2.05) is 24.3 Å². The zero-order valence-corrected chi connectivity index (χ0v) is 15.5. The van der Waals surface area contributed by atoms with Gasteiger partial charge in [0, 0.05) is 49.3 Å². The Bertz CT molecular complexity index is 901. The van der Waals surface area contributed by atoms with Gasteiger partial charge in [-0.3, -0.25) is 9.79 Å². The van der Waals surface area contributed by atoms with Crippen molar-refractivity contribution in [2.75, 3.05) is 26.7 Å². The number of H-pyrrole nitrogens is 1. The third-order valence-electron chi connectivity index (χ3n) is 4.32.